The van der Waals surface area contributed by atoms with E-state index in [0.29, 0.717) is 12.3 Å². The molecule has 1 aromatic rings. The molecule has 0 bridgehead atoms. The lowest BCUT2D eigenvalue weighted by atomic mass is 10.3. The van der Waals surface area contributed by atoms with Crippen molar-refractivity contribution in [1.29, 1.82) is 0 Å². The van der Waals surface area contributed by atoms with Crippen LogP contribution in [0.15, 0.2) is 23.1 Å². The Morgan fingerprint density at radius 3 is 2.62 bits per heavy atom. The predicted octanol–water partition coefficient (Wildman–Crippen LogP) is 0.966. The number of rotatable bonds is 5. The van der Waals surface area contributed by atoms with E-state index in [4.69, 9.17) is 10.5 Å². The van der Waals surface area contributed by atoms with E-state index >= 15 is 0 Å². The lowest BCUT2D eigenvalue weighted by molar-refractivity contribution is 0.414. The molecule has 3 N–H and O–H groups in total. The summed E-state index contributed by atoms with van der Waals surface area (Å²) in [5.41, 5.74) is 5.84. The summed E-state index contributed by atoms with van der Waals surface area (Å²) in [6.45, 7) is 2.29. The van der Waals surface area contributed by atoms with Gasteiger partial charge in [0, 0.05) is 12.6 Å². The average molecular weight is 244 g/mol. The highest BCUT2D eigenvalue weighted by Crippen LogP contribution is 2.23. The SMILES string of the molecule is CCCNS(=O)(=O)c1ccc(OC)cc1N. The molecule has 0 fully saturated rings. The molecule has 0 heterocycles. The Morgan fingerprint density at radius 1 is 1.44 bits per heavy atom. The molecular formula is C10H16N2O3S. The number of hydrogen-bond acceptors (Lipinski definition) is 4. The summed E-state index contributed by atoms with van der Waals surface area (Å²) in [6.07, 6.45) is 0.731. The molecule has 0 spiro atoms. The lowest BCUT2D eigenvalue weighted by Gasteiger charge is -2.09. The molecule has 0 atom stereocenters. The molecule has 0 aliphatic carbocycles. The molecule has 5 nitrogen and oxygen atoms in total. The predicted molar refractivity (Wildman–Crippen MR) is 62.9 cm³/mol. The number of nitrogens with one attached hydrogen (secondary N) is 1. The largest absolute Gasteiger partial charge is 0.497 e. The van der Waals surface area contributed by atoms with E-state index in [-0.39, 0.29) is 10.6 Å². The van der Waals surface area contributed by atoms with Crippen molar-refractivity contribution in [2.45, 2.75) is 18.2 Å². The summed E-state index contributed by atoms with van der Waals surface area (Å²) in [5, 5.41) is 0. The van der Waals surface area contributed by atoms with Gasteiger partial charge in [-0.25, -0.2) is 13.1 Å². The first-order valence-electron chi connectivity index (χ1n) is 4.94. The molecular weight excluding hydrogens is 228 g/mol. The number of benzene rings is 1. The van der Waals surface area contributed by atoms with Crippen molar-refractivity contribution in [1.82, 2.24) is 4.72 Å². The summed E-state index contributed by atoms with van der Waals surface area (Å²) in [5.74, 6) is 0.534. The molecule has 6 heteroatoms. The minimum absolute atomic E-state index is 0.0850. The highest BCUT2D eigenvalue weighted by Gasteiger charge is 2.16. The van der Waals surface area contributed by atoms with Gasteiger partial charge in [0.25, 0.3) is 0 Å². The maximum absolute atomic E-state index is 11.8. The number of sulfonamides is 1. The van der Waals surface area contributed by atoms with Crippen LogP contribution >= 0.6 is 0 Å². The van der Waals surface area contributed by atoms with Crippen molar-refractivity contribution < 1.29 is 13.2 Å². The van der Waals surface area contributed by atoms with Crippen molar-refractivity contribution in [3.05, 3.63) is 18.2 Å². The quantitative estimate of drug-likeness (QED) is 0.756. The molecule has 0 saturated carbocycles. The maximum atomic E-state index is 11.8. The second kappa shape index (κ2) is 5.18. The van der Waals surface area contributed by atoms with Gasteiger partial charge < -0.3 is 10.5 Å². The van der Waals surface area contributed by atoms with Crippen molar-refractivity contribution in [2.24, 2.45) is 0 Å². The third kappa shape index (κ3) is 2.86. The monoisotopic (exact) mass is 244 g/mol. The van der Waals surface area contributed by atoms with Gasteiger partial charge in [0.1, 0.15) is 10.6 Å². The third-order valence-electron chi connectivity index (χ3n) is 2.05. The summed E-state index contributed by atoms with van der Waals surface area (Å²) in [7, 11) is -2.01. The Kier molecular flexibility index (Phi) is 4.14. The zero-order valence-electron chi connectivity index (χ0n) is 9.36. The molecule has 0 radical (unpaired) electrons. The minimum atomic E-state index is -3.51. The van der Waals surface area contributed by atoms with Gasteiger partial charge in [-0.2, -0.15) is 0 Å². The summed E-state index contributed by atoms with van der Waals surface area (Å²) >= 11 is 0. The zero-order chi connectivity index (χ0) is 12.2. The van der Waals surface area contributed by atoms with Gasteiger partial charge in [0.05, 0.1) is 12.8 Å². The van der Waals surface area contributed by atoms with Crippen LogP contribution in [0.4, 0.5) is 5.69 Å². The number of ether oxygens (including phenoxy) is 1. The van der Waals surface area contributed by atoms with Crippen LogP contribution < -0.4 is 15.2 Å². The number of anilines is 1. The van der Waals surface area contributed by atoms with Crippen molar-refractivity contribution >= 4 is 15.7 Å². The molecule has 1 rings (SSSR count). The van der Waals surface area contributed by atoms with Crippen LogP contribution in [0.3, 0.4) is 0 Å². The fourth-order valence-corrected chi connectivity index (χ4v) is 2.46. The third-order valence-corrected chi connectivity index (χ3v) is 3.58. The summed E-state index contributed by atoms with van der Waals surface area (Å²) < 4.78 is 31.0. The van der Waals surface area contributed by atoms with Crippen LogP contribution in [0.5, 0.6) is 5.75 Å². The van der Waals surface area contributed by atoms with Crippen molar-refractivity contribution in [2.75, 3.05) is 19.4 Å². The molecule has 1 aromatic carbocycles. The van der Waals surface area contributed by atoms with E-state index < -0.39 is 10.0 Å². The number of nitrogens with two attached hydrogens (primary N) is 1. The topological polar surface area (TPSA) is 81.4 Å². The molecule has 90 valence electrons. The Balaban J connectivity index is 3.04. The van der Waals surface area contributed by atoms with Crippen LogP contribution in [0, 0.1) is 0 Å². The zero-order valence-corrected chi connectivity index (χ0v) is 10.2. The number of nitrogen functional groups attached to an aromatic ring is 1. The fourth-order valence-electron chi connectivity index (χ4n) is 1.21. The van der Waals surface area contributed by atoms with Gasteiger partial charge in [-0.15, -0.1) is 0 Å². The number of methoxy groups -OCH3 is 1. The molecule has 0 aromatic heterocycles. The lowest BCUT2D eigenvalue weighted by Crippen LogP contribution is -2.25. The highest BCUT2D eigenvalue weighted by molar-refractivity contribution is 7.89. The Hall–Kier alpha value is -1.27. The van der Waals surface area contributed by atoms with Crippen LogP contribution in [0.25, 0.3) is 0 Å². The van der Waals surface area contributed by atoms with Crippen LogP contribution in [-0.4, -0.2) is 22.1 Å². The molecule has 0 aliphatic rings. The summed E-state index contributed by atoms with van der Waals surface area (Å²) in [4.78, 5) is 0.0850. The van der Waals surface area contributed by atoms with Gasteiger partial charge in [-0.05, 0) is 18.6 Å². The van der Waals surface area contributed by atoms with E-state index in [1.54, 1.807) is 6.07 Å². The Labute approximate surface area is 95.7 Å². The first kappa shape index (κ1) is 12.8. The molecule has 0 saturated heterocycles. The van der Waals surface area contributed by atoms with E-state index in [0.717, 1.165) is 6.42 Å². The van der Waals surface area contributed by atoms with E-state index in [1.165, 1.54) is 19.2 Å². The maximum Gasteiger partial charge on any atom is 0.242 e. The number of hydrogen-bond donors (Lipinski definition) is 2. The fraction of sp³-hybridized carbons (Fsp3) is 0.400. The normalized spacial score (nSPS) is 11.4. The molecule has 0 aliphatic heterocycles. The average Bonchev–Trinajstić information content (AvgIpc) is 2.25. The second-order valence-electron chi connectivity index (χ2n) is 3.30. The Morgan fingerprint density at radius 2 is 2.12 bits per heavy atom. The molecule has 0 unspecified atom stereocenters. The van der Waals surface area contributed by atoms with Gasteiger partial charge in [-0.3, -0.25) is 0 Å². The van der Waals surface area contributed by atoms with Crippen molar-refractivity contribution in [3.63, 3.8) is 0 Å². The first-order valence-corrected chi connectivity index (χ1v) is 6.42. The van der Waals surface area contributed by atoms with E-state index in [1.807, 2.05) is 6.92 Å². The minimum Gasteiger partial charge on any atom is -0.497 e. The van der Waals surface area contributed by atoms with Gasteiger partial charge in [0.15, 0.2) is 0 Å². The second-order valence-corrected chi connectivity index (χ2v) is 5.04. The van der Waals surface area contributed by atoms with E-state index in [9.17, 15) is 8.42 Å². The molecule has 0 amide bonds. The van der Waals surface area contributed by atoms with Gasteiger partial charge >= 0.3 is 0 Å². The summed E-state index contributed by atoms with van der Waals surface area (Å²) in [6, 6.07) is 4.49. The highest BCUT2D eigenvalue weighted by atomic mass is 32.2. The van der Waals surface area contributed by atoms with Gasteiger partial charge in [-0.1, -0.05) is 6.92 Å². The van der Waals surface area contributed by atoms with Crippen molar-refractivity contribution in [3.8, 4) is 5.75 Å². The van der Waals surface area contributed by atoms with E-state index in [2.05, 4.69) is 4.72 Å². The standard InChI is InChI=1S/C10H16N2O3S/c1-3-6-12-16(13,14)10-5-4-8(15-2)7-9(10)11/h4-5,7,12H,3,6,11H2,1-2H3. The van der Waals surface area contributed by atoms with Gasteiger partial charge in [0.2, 0.25) is 10.0 Å². The van der Waals surface area contributed by atoms with Crippen LogP contribution in [0.1, 0.15) is 13.3 Å². The smallest absolute Gasteiger partial charge is 0.242 e. The molecule has 16 heavy (non-hydrogen) atoms. The Bertz CT molecular complexity index is 457. The van der Waals surface area contributed by atoms with Crippen LogP contribution in [-0.2, 0) is 10.0 Å². The first-order chi connectivity index (χ1) is 7.51. The van der Waals surface area contributed by atoms with Crippen LogP contribution in [0.2, 0.25) is 0 Å².